The van der Waals surface area contributed by atoms with E-state index in [-0.39, 0.29) is 18.0 Å². The Bertz CT molecular complexity index is 599. The minimum absolute atomic E-state index is 0.0661. The summed E-state index contributed by atoms with van der Waals surface area (Å²) < 4.78 is 38.9. The predicted octanol–water partition coefficient (Wildman–Crippen LogP) is 3.65. The van der Waals surface area contributed by atoms with E-state index in [1.807, 2.05) is 0 Å². The maximum Gasteiger partial charge on any atom is 0.145 e. The molecule has 2 rings (SSSR count). The van der Waals surface area contributed by atoms with Crippen LogP contribution in [0.2, 0.25) is 0 Å². The highest BCUT2D eigenvalue weighted by molar-refractivity contribution is 5.78. The second-order valence-corrected chi connectivity index (χ2v) is 3.80. The second-order valence-electron chi connectivity index (χ2n) is 3.80. The third kappa shape index (κ3) is 3.84. The van der Waals surface area contributed by atoms with Crippen molar-refractivity contribution in [2.75, 3.05) is 0 Å². The summed E-state index contributed by atoms with van der Waals surface area (Å²) in [6, 6.07) is 8.82. The zero-order valence-corrected chi connectivity index (χ0v) is 9.82. The maximum absolute atomic E-state index is 13.2. The van der Waals surface area contributed by atoms with E-state index in [9.17, 15) is 13.2 Å². The van der Waals surface area contributed by atoms with Crippen LogP contribution in [0.25, 0.3) is 0 Å². The Morgan fingerprint density at radius 3 is 2.58 bits per heavy atom. The number of benzene rings is 2. The first-order valence-corrected chi connectivity index (χ1v) is 5.50. The van der Waals surface area contributed by atoms with Gasteiger partial charge in [-0.1, -0.05) is 17.3 Å². The average Bonchev–Trinajstić information content (AvgIpc) is 2.39. The van der Waals surface area contributed by atoms with Gasteiger partial charge in [0.15, 0.2) is 0 Å². The molecule has 0 aromatic heterocycles. The molecule has 0 saturated heterocycles. The zero-order chi connectivity index (χ0) is 13.7. The number of nitrogens with zero attached hydrogens (tertiary/aromatic N) is 1. The van der Waals surface area contributed by atoms with E-state index >= 15 is 0 Å². The van der Waals surface area contributed by atoms with E-state index in [1.165, 1.54) is 24.4 Å². The van der Waals surface area contributed by atoms with Crippen LogP contribution in [-0.2, 0) is 11.4 Å². The number of hydrogen-bond acceptors (Lipinski definition) is 2. The first-order valence-electron chi connectivity index (χ1n) is 5.50. The summed E-state index contributed by atoms with van der Waals surface area (Å²) in [5, 5.41) is 3.57. The highest BCUT2D eigenvalue weighted by Crippen LogP contribution is 2.11. The molecular weight excluding hydrogens is 255 g/mol. The monoisotopic (exact) mass is 265 g/mol. The van der Waals surface area contributed by atoms with Gasteiger partial charge < -0.3 is 4.84 Å². The van der Waals surface area contributed by atoms with Gasteiger partial charge in [-0.05, 0) is 35.9 Å². The molecular formula is C14H10F3NO. The van der Waals surface area contributed by atoms with E-state index < -0.39 is 11.6 Å². The van der Waals surface area contributed by atoms with Crippen LogP contribution in [0.15, 0.2) is 47.6 Å². The lowest BCUT2D eigenvalue weighted by atomic mass is 10.2. The first-order chi connectivity index (χ1) is 9.15. The summed E-state index contributed by atoms with van der Waals surface area (Å²) >= 11 is 0. The summed E-state index contributed by atoms with van der Waals surface area (Å²) in [5.74, 6) is -1.50. The molecule has 0 aliphatic rings. The molecule has 2 nitrogen and oxygen atoms in total. The van der Waals surface area contributed by atoms with E-state index in [1.54, 1.807) is 6.07 Å². The SMILES string of the molecule is Fc1cccc(C=NOCc2cc(F)ccc2F)c1. The standard InChI is InChI=1S/C14H10F3NO/c15-12-3-1-2-10(6-12)8-18-19-9-11-7-13(16)4-5-14(11)17/h1-8H,9H2. The molecule has 0 heterocycles. The lowest BCUT2D eigenvalue weighted by Gasteiger charge is -2.01. The average molecular weight is 265 g/mol. The van der Waals surface area contributed by atoms with Crippen LogP contribution in [0.3, 0.4) is 0 Å². The summed E-state index contributed by atoms with van der Waals surface area (Å²) in [4.78, 5) is 4.84. The largest absolute Gasteiger partial charge is 0.391 e. The fourth-order valence-electron chi connectivity index (χ4n) is 1.45. The van der Waals surface area contributed by atoms with Crippen molar-refractivity contribution in [3.63, 3.8) is 0 Å². The second kappa shape index (κ2) is 6.04. The van der Waals surface area contributed by atoms with Crippen LogP contribution >= 0.6 is 0 Å². The van der Waals surface area contributed by atoms with E-state index in [2.05, 4.69) is 5.16 Å². The van der Waals surface area contributed by atoms with Gasteiger partial charge in [-0.2, -0.15) is 0 Å². The fourth-order valence-corrected chi connectivity index (χ4v) is 1.45. The van der Waals surface area contributed by atoms with Gasteiger partial charge in [-0.15, -0.1) is 0 Å². The van der Waals surface area contributed by atoms with Crippen LogP contribution < -0.4 is 0 Å². The fraction of sp³-hybridized carbons (Fsp3) is 0.0714. The minimum atomic E-state index is -0.567. The van der Waals surface area contributed by atoms with Crippen LogP contribution in [0.4, 0.5) is 13.2 Å². The molecule has 0 radical (unpaired) electrons. The van der Waals surface area contributed by atoms with Crippen LogP contribution in [0.5, 0.6) is 0 Å². The molecule has 98 valence electrons. The van der Waals surface area contributed by atoms with Crippen molar-refractivity contribution in [2.24, 2.45) is 5.16 Å². The molecule has 0 amide bonds. The van der Waals surface area contributed by atoms with Gasteiger partial charge >= 0.3 is 0 Å². The van der Waals surface area contributed by atoms with Crippen molar-refractivity contribution < 1.29 is 18.0 Å². The van der Waals surface area contributed by atoms with Gasteiger partial charge in [0.2, 0.25) is 0 Å². The van der Waals surface area contributed by atoms with Gasteiger partial charge in [0, 0.05) is 5.56 Å². The third-order valence-corrected chi connectivity index (χ3v) is 2.35. The van der Waals surface area contributed by atoms with Gasteiger partial charge in [0.1, 0.15) is 24.1 Å². The molecule has 5 heteroatoms. The zero-order valence-electron chi connectivity index (χ0n) is 9.82. The minimum Gasteiger partial charge on any atom is -0.391 e. The van der Waals surface area contributed by atoms with Crippen molar-refractivity contribution >= 4 is 6.21 Å². The predicted molar refractivity (Wildman–Crippen MR) is 65.1 cm³/mol. The molecule has 0 spiro atoms. The Labute approximate surface area is 108 Å². The van der Waals surface area contributed by atoms with E-state index in [0.29, 0.717) is 5.56 Å². The topological polar surface area (TPSA) is 21.6 Å². The Morgan fingerprint density at radius 2 is 1.79 bits per heavy atom. The van der Waals surface area contributed by atoms with Gasteiger partial charge in [-0.3, -0.25) is 0 Å². The molecule has 0 fully saturated rings. The lowest BCUT2D eigenvalue weighted by molar-refractivity contribution is 0.129. The molecule has 0 atom stereocenters. The smallest absolute Gasteiger partial charge is 0.145 e. The van der Waals surface area contributed by atoms with Crippen molar-refractivity contribution in [1.29, 1.82) is 0 Å². The highest BCUT2D eigenvalue weighted by atomic mass is 19.1. The number of oxime groups is 1. The number of halogens is 3. The lowest BCUT2D eigenvalue weighted by Crippen LogP contribution is -1.94. The molecule has 19 heavy (non-hydrogen) atoms. The Kier molecular flexibility index (Phi) is 4.18. The van der Waals surface area contributed by atoms with Crippen molar-refractivity contribution in [3.05, 3.63) is 71.0 Å². The normalized spacial score (nSPS) is 10.9. The maximum atomic E-state index is 13.2. The highest BCUT2D eigenvalue weighted by Gasteiger charge is 2.03. The molecule has 0 aliphatic carbocycles. The van der Waals surface area contributed by atoms with Crippen molar-refractivity contribution in [2.45, 2.75) is 6.61 Å². The molecule has 0 N–H and O–H groups in total. The molecule has 0 aliphatic heterocycles. The quantitative estimate of drug-likeness (QED) is 0.610. The number of hydrogen-bond donors (Lipinski definition) is 0. The van der Waals surface area contributed by atoms with Gasteiger partial charge in [0.25, 0.3) is 0 Å². The Hall–Kier alpha value is -2.30. The summed E-state index contributed by atoms with van der Waals surface area (Å²) in [5.41, 5.74) is 0.580. The Balaban J connectivity index is 1.95. The summed E-state index contributed by atoms with van der Waals surface area (Å²) in [7, 11) is 0. The van der Waals surface area contributed by atoms with E-state index in [4.69, 9.17) is 4.84 Å². The van der Waals surface area contributed by atoms with Crippen molar-refractivity contribution in [1.82, 2.24) is 0 Å². The Morgan fingerprint density at radius 1 is 1.00 bits per heavy atom. The van der Waals surface area contributed by atoms with Crippen LogP contribution in [0, 0.1) is 17.5 Å². The third-order valence-electron chi connectivity index (χ3n) is 2.35. The molecule has 2 aromatic rings. The molecule has 2 aromatic carbocycles. The molecule has 0 bridgehead atoms. The van der Waals surface area contributed by atoms with Crippen LogP contribution in [-0.4, -0.2) is 6.21 Å². The van der Waals surface area contributed by atoms with Crippen molar-refractivity contribution in [3.8, 4) is 0 Å². The summed E-state index contributed by atoms with van der Waals surface area (Å²) in [6.45, 7) is -0.199. The summed E-state index contributed by atoms with van der Waals surface area (Å²) in [6.07, 6.45) is 1.29. The van der Waals surface area contributed by atoms with E-state index in [0.717, 1.165) is 18.2 Å². The van der Waals surface area contributed by atoms with Gasteiger partial charge in [0.05, 0.1) is 6.21 Å². The first kappa shape index (κ1) is 13.1. The number of rotatable bonds is 4. The molecule has 0 unspecified atom stereocenters. The van der Waals surface area contributed by atoms with Gasteiger partial charge in [-0.25, -0.2) is 13.2 Å². The van der Waals surface area contributed by atoms with Crippen LogP contribution in [0.1, 0.15) is 11.1 Å². The molecule has 0 saturated carbocycles.